The molecule has 1 amide bonds. The van der Waals surface area contributed by atoms with Gasteiger partial charge in [0.05, 0.1) is 6.04 Å². The number of aryl methyl sites for hydroxylation is 1. The Morgan fingerprint density at radius 2 is 1.96 bits per heavy atom. The predicted molar refractivity (Wildman–Crippen MR) is 118 cm³/mol. The van der Waals surface area contributed by atoms with Crippen LogP contribution in [0.25, 0.3) is 0 Å². The molecule has 1 aliphatic heterocycles. The van der Waals surface area contributed by atoms with Gasteiger partial charge in [0, 0.05) is 35.2 Å². The normalized spacial score (nSPS) is 18.0. The average molecular weight is 419 g/mol. The average Bonchev–Trinajstić information content (AvgIpc) is 2.67. The molecule has 150 valence electrons. The van der Waals surface area contributed by atoms with Crippen LogP contribution in [0, 0.1) is 5.92 Å². The van der Waals surface area contributed by atoms with E-state index in [0.29, 0.717) is 22.9 Å². The van der Waals surface area contributed by atoms with Crippen LogP contribution in [0.2, 0.25) is 10.0 Å². The molecule has 1 saturated heterocycles. The number of nitrogens with zero attached hydrogens (tertiary/aromatic N) is 1. The molecule has 1 fully saturated rings. The number of carbonyl (C=O) groups is 1. The van der Waals surface area contributed by atoms with Crippen molar-refractivity contribution in [3.63, 3.8) is 0 Å². The minimum atomic E-state index is -0.0254. The molecule has 3 rings (SSSR count). The Balaban J connectivity index is 1.52. The van der Waals surface area contributed by atoms with Crippen molar-refractivity contribution in [2.75, 3.05) is 18.0 Å². The van der Waals surface area contributed by atoms with Crippen LogP contribution in [0.4, 0.5) is 5.69 Å². The largest absolute Gasteiger partial charge is 0.371 e. The van der Waals surface area contributed by atoms with Gasteiger partial charge in [-0.25, -0.2) is 0 Å². The van der Waals surface area contributed by atoms with Crippen LogP contribution in [-0.2, 0) is 11.2 Å². The van der Waals surface area contributed by atoms with E-state index < -0.39 is 0 Å². The summed E-state index contributed by atoms with van der Waals surface area (Å²) in [5, 5.41) is 4.29. The number of benzene rings is 2. The van der Waals surface area contributed by atoms with E-state index in [1.165, 1.54) is 18.5 Å². The zero-order chi connectivity index (χ0) is 20.1. The highest BCUT2D eigenvalue weighted by Gasteiger charge is 2.17. The van der Waals surface area contributed by atoms with E-state index >= 15 is 0 Å². The molecule has 0 bridgehead atoms. The monoisotopic (exact) mass is 418 g/mol. The first-order valence-corrected chi connectivity index (χ1v) is 10.8. The van der Waals surface area contributed by atoms with E-state index in [1.54, 1.807) is 12.1 Å². The molecule has 0 spiro atoms. The summed E-state index contributed by atoms with van der Waals surface area (Å²) in [6, 6.07) is 13.9. The second-order valence-corrected chi connectivity index (χ2v) is 8.65. The topological polar surface area (TPSA) is 32.3 Å². The number of piperidine rings is 1. The first-order valence-electron chi connectivity index (χ1n) is 10.0. The fraction of sp³-hybridized carbons (Fsp3) is 0.435. The van der Waals surface area contributed by atoms with Gasteiger partial charge in [-0.2, -0.15) is 0 Å². The lowest BCUT2D eigenvalue weighted by molar-refractivity contribution is -0.121. The lowest BCUT2D eigenvalue weighted by Crippen LogP contribution is -2.34. The number of amides is 1. The van der Waals surface area contributed by atoms with Gasteiger partial charge >= 0.3 is 0 Å². The van der Waals surface area contributed by atoms with Gasteiger partial charge in [-0.1, -0.05) is 48.3 Å². The van der Waals surface area contributed by atoms with Crippen LogP contribution in [-0.4, -0.2) is 19.0 Å². The van der Waals surface area contributed by atoms with E-state index in [1.807, 2.05) is 13.0 Å². The van der Waals surface area contributed by atoms with Crippen molar-refractivity contribution in [3.05, 3.63) is 63.6 Å². The van der Waals surface area contributed by atoms with Gasteiger partial charge in [0.2, 0.25) is 5.91 Å². The summed E-state index contributed by atoms with van der Waals surface area (Å²) in [5.74, 6) is 0.772. The quantitative estimate of drug-likeness (QED) is 0.619. The van der Waals surface area contributed by atoms with Gasteiger partial charge in [-0.05, 0) is 67.5 Å². The minimum Gasteiger partial charge on any atom is -0.371 e. The lowest BCUT2D eigenvalue weighted by Gasteiger charge is -2.33. The first-order chi connectivity index (χ1) is 13.4. The van der Waals surface area contributed by atoms with Gasteiger partial charge < -0.3 is 10.2 Å². The number of hydrogen-bond acceptors (Lipinski definition) is 2. The Kier molecular flexibility index (Phi) is 7.25. The molecule has 28 heavy (non-hydrogen) atoms. The standard InChI is InChI=1S/C23H28Cl2N2O/c1-16-4-3-13-27(15-16)21-10-6-18(7-11-21)17(2)26-23(28)12-8-19-5-9-20(24)14-22(19)25/h5-7,9-11,14,16-17H,3-4,8,12-13,15H2,1-2H3,(H,26,28)/t16-,17+/m1/s1. The third-order valence-corrected chi connectivity index (χ3v) is 6.02. The van der Waals surface area contributed by atoms with E-state index in [2.05, 4.69) is 41.4 Å². The molecule has 2 aromatic rings. The number of nitrogens with one attached hydrogen (secondary N) is 1. The maximum atomic E-state index is 12.3. The smallest absolute Gasteiger partial charge is 0.220 e. The Bertz CT molecular complexity index is 807. The summed E-state index contributed by atoms with van der Waals surface area (Å²) < 4.78 is 0. The molecule has 2 aromatic carbocycles. The van der Waals surface area contributed by atoms with Crippen LogP contribution in [0.15, 0.2) is 42.5 Å². The Morgan fingerprint density at radius 3 is 2.64 bits per heavy atom. The lowest BCUT2D eigenvalue weighted by atomic mass is 9.99. The summed E-state index contributed by atoms with van der Waals surface area (Å²) in [4.78, 5) is 14.8. The van der Waals surface area contributed by atoms with Crippen molar-refractivity contribution in [2.24, 2.45) is 5.92 Å². The van der Waals surface area contributed by atoms with Gasteiger partial charge in [0.15, 0.2) is 0 Å². The number of anilines is 1. The summed E-state index contributed by atoms with van der Waals surface area (Å²) in [6.07, 6.45) is 3.57. The summed E-state index contributed by atoms with van der Waals surface area (Å²) >= 11 is 12.1. The van der Waals surface area contributed by atoms with Crippen molar-refractivity contribution in [1.29, 1.82) is 0 Å². The van der Waals surface area contributed by atoms with E-state index in [-0.39, 0.29) is 11.9 Å². The summed E-state index contributed by atoms with van der Waals surface area (Å²) in [7, 11) is 0. The third-order valence-electron chi connectivity index (χ3n) is 5.43. The van der Waals surface area contributed by atoms with E-state index in [0.717, 1.165) is 30.1 Å². The predicted octanol–water partition coefficient (Wildman–Crippen LogP) is 6.04. The Morgan fingerprint density at radius 1 is 1.21 bits per heavy atom. The van der Waals surface area contributed by atoms with E-state index in [9.17, 15) is 4.79 Å². The zero-order valence-corrected chi connectivity index (χ0v) is 18.1. The SMILES string of the molecule is C[C@@H]1CCCN(c2ccc([C@H](C)NC(=O)CCc3ccc(Cl)cc3Cl)cc2)C1. The molecule has 1 heterocycles. The molecular formula is C23H28Cl2N2O. The number of rotatable bonds is 6. The van der Waals surface area contributed by atoms with Crippen LogP contribution in [0.1, 0.15) is 50.3 Å². The first kappa shape index (κ1) is 21.0. The maximum Gasteiger partial charge on any atom is 0.220 e. The van der Waals surface area contributed by atoms with Crippen molar-refractivity contribution < 1.29 is 4.79 Å². The van der Waals surface area contributed by atoms with Gasteiger partial charge in [0.25, 0.3) is 0 Å². The number of halogens is 2. The van der Waals surface area contributed by atoms with Crippen LogP contribution in [0.5, 0.6) is 0 Å². The number of carbonyl (C=O) groups excluding carboxylic acids is 1. The molecule has 1 aliphatic rings. The molecule has 2 atom stereocenters. The van der Waals surface area contributed by atoms with E-state index in [4.69, 9.17) is 23.2 Å². The molecule has 0 aliphatic carbocycles. The minimum absolute atomic E-state index is 0.0208. The van der Waals surface area contributed by atoms with Gasteiger partial charge in [0.1, 0.15) is 0 Å². The molecule has 0 saturated carbocycles. The highest BCUT2D eigenvalue weighted by molar-refractivity contribution is 6.35. The molecule has 3 nitrogen and oxygen atoms in total. The highest BCUT2D eigenvalue weighted by atomic mass is 35.5. The Labute approximate surface area is 178 Å². The third kappa shape index (κ3) is 5.65. The van der Waals surface area contributed by atoms with Crippen molar-refractivity contribution in [3.8, 4) is 0 Å². The maximum absolute atomic E-state index is 12.3. The fourth-order valence-electron chi connectivity index (χ4n) is 3.77. The van der Waals surface area contributed by atoms with Crippen LogP contribution >= 0.6 is 23.2 Å². The van der Waals surface area contributed by atoms with Crippen molar-refractivity contribution in [1.82, 2.24) is 5.32 Å². The van der Waals surface area contributed by atoms with Crippen molar-refractivity contribution in [2.45, 2.75) is 45.6 Å². The molecule has 0 aromatic heterocycles. The van der Waals surface area contributed by atoms with Crippen molar-refractivity contribution >= 4 is 34.8 Å². The number of hydrogen-bond donors (Lipinski definition) is 1. The molecule has 0 unspecified atom stereocenters. The van der Waals surface area contributed by atoms with Gasteiger partial charge in [-0.3, -0.25) is 4.79 Å². The second-order valence-electron chi connectivity index (χ2n) is 7.81. The summed E-state index contributed by atoms with van der Waals surface area (Å²) in [6.45, 7) is 6.59. The molecule has 5 heteroatoms. The molecular weight excluding hydrogens is 391 g/mol. The highest BCUT2D eigenvalue weighted by Crippen LogP contribution is 2.25. The van der Waals surface area contributed by atoms with Crippen LogP contribution in [0.3, 0.4) is 0 Å². The molecule has 0 radical (unpaired) electrons. The Hall–Kier alpha value is -1.71. The molecule has 1 N–H and O–H groups in total. The van der Waals surface area contributed by atoms with Gasteiger partial charge in [-0.15, -0.1) is 0 Å². The van der Waals surface area contributed by atoms with Crippen LogP contribution < -0.4 is 10.2 Å². The zero-order valence-electron chi connectivity index (χ0n) is 16.6. The second kappa shape index (κ2) is 9.67. The fourth-order valence-corrected chi connectivity index (χ4v) is 4.27. The summed E-state index contributed by atoms with van der Waals surface area (Å²) in [5.41, 5.74) is 3.33.